The smallest absolute Gasteiger partial charge is 0.250 e. The second kappa shape index (κ2) is 8.34. The number of rotatable bonds is 6. The molecule has 1 aromatic heterocycles. The highest BCUT2D eigenvalue weighted by Gasteiger charge is 2.01. The molecule has 0 bridgehead atoms. The molecule has 0 fully saturated rings. The van der Waals surface area contributed by atoms with E-state index >= 15 is 0 Å². The summed E-state index contributed by atoms with van der Waals surface area (Å²) in [5, 5.41) is 4.49. The number of hydrazone groups is 1. The molecule has 0 spiro atoms. The summed E-state index contributed by atoms with van der Waals surface area (Å²) in [6, 6.07) is 10.9. The average molecular weight is 321 g/mol. The van der Waals surface area contributed by atoms with Crippen molar-refractivity contribution in [2.45, 2.75) is 4.90 Å². The molecule has 21 heavy (non-hydrogen) atoms. The van der Waals surface area contributed by atoms with Crippen molar-refractivity contribution in [3.8, 4) is 0 Å². The lowest BCUT2D eigenvalue weighted by Crippen LogP contribution is -2.19. The molecule has 1 heterocycles. The summed E-state index contributed by atoms with van der Waals surface area (Å²) in [5.74, 6) is 0.851. The van der Waals surface area contributed by atoms with Gasteiger partial charge in [0.2, 0.25) is 5.91 Å². The van der Waals surface area contributed by atoms with Crippen molar-refractivity contribution in [1.29, 1.82) is 0 Å². The van der Waals surface area contributed by atoms with Gasteiger partial charge < -0.3 is 4.42 Å². The van der Waals surface area contributed by atoms with Crippen molar-refractivity contribution < 1.29 is 9.21 Å². The van der Waals surface area contributed by atoms with Crippen LogP contribution in [0.2, 0.25) is 5.02 Å². The van der Waals surface area contributed by atoms with E-state index in [1.165, 1.54) is 18.0 Å². The van der Waals surface area contributed by atoms with E-state index in [4.69, 9.17) is 16.0 Å². The first-order valence-corrected chi connectivity index (χ1v) is 7.51. The number of carbonyl (C=O) groups is 1. The van der Waals surface area contributed by atoms with Crippen molar-refractivity contribution in [3.63, 3.8) is 0 Å². The quantitative estimate of drug-likeness (QED) is 0.500. The Morgan fingerprint density at radius 1 is 1.33 bits per heavy atom. The van der Waals surface area contributed by atoms with Crippen molar-refractivity contribution in [3.05, 3.63) is 59.5 Å². The number of halogens is 1. The standard InChI is InChI=1S/C15H13ClN2O2S/c16-12-5-7-14(8-6-12)21-11-15(19)18-17-9-1-3-13-4-2-10-20-13/h1-10H,11H2,(H,18,19)/b3-1+,17-9-. The molecule has 0 atom stereocenters. The number of benzene rings is 1. The fraction of sp³-hybridized carbons (Fsp3) is 0.0667. The second-order valence-electron chi connectivity index (χ2n) is 3.93. The summed E-state index contributed by atoms with van der Waals surface area (Å²) >= 11 is 7.21. The molecule has 2 aromatic rings. The van der Waals surface area contributed by atoms with E-state index in [0.717, 1.165) is 10.7 Å². The number of amides is 1. The maximum absolute atomic E-state index is 11.6. The molecule has 0 radical (unpaired) electrons. The number of nitrogens with one attached hydrogen (secondary N) is 1. The normalized spacial score (nSPS) is 11.3. The number of carbonyl (C=O) groups excluding carboxylic acids is 1. The number of hydrogen-bond donors (Lipinski definition) is 1. The van der Waals surface area contributed by atoms with Gasteiger partial charge >= 0.3 is 0 Å². The molecule has 1 amide bonds. The molecule has 0 aliphatic carbocycles. The maximum Gasteiger partial charge on any atom is 0.250 e. The Morgan fingerprint density at radius 2 is 2.14 bits per heavy atom. The minimum absolute atomic E-state index is 0.169. The third-order valence-corrected chi connectivity index (χ3v) is 3.60. The predicted octanol–water partition coefficient (Wildman–Crippen LogP) is 3.84. The molecule has 2 rings (SSSR count). The van der Waals surface area contributed by atoms with Crippen molar-refractivity contribution >= 4 is 41.6 Å². The first-order chi connectivity index (χ1) is 10.2. The fourth-order valence-corrected chi connectivity index (χ4v) is 2.21. The van der Waals surface area contributed by atoms with Crippen LogP contribution < -0.4 is 5.43 Å². The molecule has 108 valence electrons. The minimum atomic E-state index is -0.169. The van der Waals surface area contributed by atoms with E-state index in [1.54, 1.807) is 36.6 Å². The van der Waals surface area contributed by atoms with Gasteiger partial charge in [0.1, 0.15) is 5.76 Å². The van der Waals surface area contributed by atoms with Crippen LogP contribution in [0.1, 0.15) is 5.76 Å². The van der Waals surface area contributed by atoms with E-state index in [-0.39, 0.29) is 5.91 Å². The van der Waals surface area contributed by atoms with Crippen LogP contribution in [0.5, 0.6) is 0 Å². The van der Waals surface area contributed by atoms with Crippen LogP contribution in [-0.4, -0.2) is 17.9 Å². The zero-order valence-corrected chi connectivity index (χ0v) is 12.6. The van der Waals surface area contributed by atoms with E-state index < -0.39 is 0 Å². The molecule has 0 saturated carbocycles. The van der Waals surface area contributed by atoms with E-state index in [1.807, 2.05) is 18.2 Å². The van der Waals surface area contributed by atoms with Crippen LogP contribution in [0.4, 0.5) is 0 Å². The largest absolute Gasteiger partial charge is 0.465 e. The zero-order chi connectivity index (χ0) is 14.9. The average Bonchev–Trinajstić information content (AvgIpc) is 2.99. The number of furan rings is 1. The zero-order valence-electron chi connectivity index (χ0n) is 11.0. The fourth-order valence-electron chi connectivity index (χ4n) is 1.39. The molecule has 0 aliphatic rings. The highest BCUT2D eigenvalue weighted by molar-refractivity contribution is 8.00. The summed E-state index contributed by atoms with van der Waals surface area (Å²) in [4.78, 5) is 12.5. The summed E-state index contributed by atoms with van der Waals surface area (Å²) in [7, 11) is 0. The molecule has 0 unspecified atom stereocenters. The first kappa shape index (κ1) is 15.4. The van der Waals surface area contributed by atoms with E-state index in [9.17, 15) is 4.79 Å². The van der Waals surface area contributed by atoms with Crippen LogP contribution in [0.15, 0.2) is 63.2 Å². The third kappa shape index (κ3) is 5.89. The van der Waals surface area contributed by atoms with Gasteiger partial charge in [-0.1, -0.05) is 11.6 Å². The Hall–Kier alpha value is -1.98. The number of hydrogen-bond acceptors (Lipinski definition) is 4. The molecular weight excluding hydrogens is 308 g/mol. The Morgan fingerprint density at radius 3 is 2.86 bits per heavy atom. The number of nitrogens with zero attached hydrogens (tertiary/aromatic N) is 1. The molecule has 0 aliphatic heterocycles. The van der Waals surface area contributed by atoms with E-state index in [0.29, 0.717) is 10.8 Å². The Bertz CT molecular complexity index is 622. The maximum atomic E-state index is 11.6. The highest BCUT2D eigenvalue weighted by atomic mass is 35.5. The topological polar surface area (TPSA) is 54.6 Å². The summed E-state index contributed by atoms with van der Waals surface area (Å²) in [5.41, 5.74) is 2.45. The molecule has 4 nitrogen and oxygen atoms in total. The summed E-state index contributed by atoms with van der Waals surface area (Å²) in [6.45, 7) is 0. The van der Waals surface area contributed by atoms with Gasteiger partial charge in [0, 0.05) is 16.1 Å². The van der Waals surface area contributed by atoms with Gasteiger partial charge in [0.15, 0.2) is 0 Å². The Balaban J connectivity index is 1.68. The predicted molar refractivity (Wildman–Crippen MR) is 86.6 cm³/mol. The van der Waals surface area contributed by atoms with Crippen LogP contribution in [-0.2, 0) is 4.79 Å². The van der Waals surface area contributed by atoms with Crippen LogP contribution in [0.3, 0.4) is 0 Å². The lowest BCUT2D eigenvalue weighted by Gasteiger charge is -2.00. The molecule has 1 N–H and O–H groups in total. The molecule has 1 aromatic carbocycles. The molecule has 6 heteroatoms. The molecular formula is C15H13ClN2O2S. The van der Waals surface area contributed by atoms with Gasteiger partial charge in [-0.3, -0.25) is 4.79 Å². The Labute approximate surface area is 131 Å². The summed E-state index contributed by atoms with van der Waals surface area (Å²) < 4.78 is 5.11. The van der Waals surface area contributed by atoms with E-state index in [2.05, 4.69) is 10.5 Å². The third-order valence-electron chi connectivity index (χ3n) is 2.34. The van der Waals surface area contributed by atoms with Gasteiger partial charge in [-0.2, -0.15) is 5.10 Å². The van der Waals surface area contributed by atoms with Gasteiger partial charge in [0.25, 0.3) is 0 Å². The first-order valence-electron chi connectivity index (χ1n) is 6.14. The van der Waals surface area contributed by atoms with Gasteiger partial charge in [-0.15, -0.1) is 11.8 Å². The number of thioether (sulfide) groups is 1. The lowest BCUT2D eigenvalue weighted by atomic mass is 10.4. The Kier molecular flexibility index (Phi) is 6.12. The monoisotopic (exact) mass is 320 g/mol. The lowest BCUT2D eigenvalue weighted by molar-refractivity contribution is -0.118. The highest BCUT2D eigenvalue weighted by Crippen LogP contribution is 2.19. The summed E-state index contributed by atoms with van der Waals surface area (Å²) in [6.07, 6.45) is 6.52. The van der Waals surface area contributed by atoms with Crippen molar-refractivity contribution in [2.75, 3.05) is 5.75 Å². The number of allylic oxidation sites excluding steroid dienone is 1. The molecule has 0 saturated heterocycles. The van der Waals surface area contributed by atoms with Crippen LogP contribution >= 0.6 is 23.4 Å². The minimum Gasteiger partial charge on any atom is -0.465 e. The van der Waals surface area contributed by atoms with Gasteiger partial charge in [-0.05, 0) is 48.6 Å². The van der Waals surface area contributed by atoms with Crippen molar-refractivity contribution in [2.24, 2.45) is 5.10 Å². The van der Waals surface area contributed by atoms with Crippen LogP contribution in [0, 0.1) is 0 Å². The van der Waals surface area contributed by atoms with Gasteiger partial charge in [0.05, 0.1) is 12.0 Å². The van der Waals surface area contributed by atoms with Crippen molar-refractivity contribution in [1.82, 2.24) is 5.43 Å². The van der Waals surface area contributed by atoms with Gasteiger partial charge in [-0.25, -0.2) is 5.43 Å². The SMILES string of the molecule is O=C(CSc1ccc(Cl)cc1)N/N=C\C=C\c1ccco1. The second-order valence-corrected chi connectivity index (χ2v) is 5.42. The van der Waals surface area contributed by atoms with Crippen LogP contribution in [0.25, 0.3) is 6.08 Å².